The number of allylic oxidation sites excluding steroid dienone is 3. The minimum Gasteiger partial charge on any atom is -0.339 e. The van der Waals surface area contributed by atoms with E-state index in [1.807, 2.05) is 19.1 Å². The van der Waals surface area contributed by atoms with Gasteiger partial charge in [0, 0.05) is 13.6 Å². The molecule has 2 N–H and O–H groups in total. The molecule has 13 heavy (non-hydrogen) atoms. The number of hydrogen-bond donors (Lipinski definition) is 1. The van der Waals surface area contributed by atoms with E-state index in [0.29, 0.717) is 18.8 Å². The summed E-state index contributed by atoms with van der Waals surface area (Å²) in [4.78, 5) is 13.2. The van der Waals surface area contributed by atoms with Crippen LogP contribution in [0.2, 0.25) is 0 Å². The second-order valence-corrected chi connectivity index (χ2v) is 3.00. The number of amides is 1. The van der Waals surface area contributed by atoms with E-state index in [9.17, 15) is 4.79 Å². The van der Waals surface area contributed by atoms with Gasteiger partial charge in [0.25, 0.3) is 5.91 Å². The molecule has 0 bridgehead atoms. The summed E-state index contributed by atoms with van der Waals surface area (Å²) in [5.41, 5.74) is 0.548. The molecule has 0 spiro atoms. The number of nitrogens with two attached hydrogens (primary N) is 1. The quantitative estimate of drug-likeness (QED) is 0.461. The number of carbonyl (C=O) groups excluding carboxylic acids is 1. The van der Waals surface area contributed by atoms with Crippen LogP contribution >= 0.6 is 0 Å². The molecule has 1 saturated heterocycles. The van der Waals surface area contributed by atoms with Gasteiger partial charge in [-0.05, 0) is 13.0 Å². The van der Waals surface area contributed by atoms with Crippen molar-refractivity contribution in [1.82, 2.24) is 9.91 Å². The molecule has 4 heteroatoms. The fourth-order valence-electron chi connectivity index (χ4n) is 1.15. The van der Waals surface area contributed by atoms with Crippen molar-refractivity contribution in [3.63, 3.8) is 0 Å². The first-order valence-electron chi connectivity index (χ1n) is 4.27. The zero-order valence-electron chi connectivity index (χ0n) is 8.03. The Morgan fingerprint density at radius 3 is 2.77 bits per heavy atom. The highest BCUT2D eigenvalue weighted by Crippen LogP contribution is 2.09. The minimum absolute atomic E-state index is 0.0214. The predicted octanol–water partition coefficient (Wildman–Crippen LogP) is 0.0941. The average molecular weight is 181 g/mol. The van der Waals surface area contributed by atoms with Gasteiger partial charge < -0.3 is 9.91 Å². The molecule has 1 fully saturated rings. The monoisotopic (exact) mass is 181 g/mol. The lowest BCUT2D eigenvalue weighted by atomic mass is 10.2. The van der Waals surface area contributed by atoms with Crippen LogP contribution in [0.3, 0.4) is 0 Å². The lowest BCUT2D eigenvalue weighted by Crippen LogP contribution is -2.49. The van der Waals surface area contributed by atoms with Gasteiger partial charge in [0.1, 0.15) is 5.70 Å². The minimum atomic E-state index is -0.0214. The molecule has 1 rings (SSSR count). The van der Waals surface area contributed by atoms with Crippen molar-refractivity contribution in [2.45, 2.75) is 6.92 Å². The molecule has 0 atom stereocenters. The number of hydrogen-bond acceptors (Lipinski definition) is 3. The highest BCUT2D eigenvalue weighted by molar-refractivity contribution is 5.93. The SMILES string of the molecule is C/C=C\C=C1\C(=O)N(C)CCN1N. The number of hydrazine groups is 1. The maximum Gasteiger partial charge on any atom is 0.271 e. The van der Waals surface area contributed by atoms with E-state index >= 15 is 0 Å². The number of likely N-dealkylation sites (N-methyl/N-ethyl adjacent to an activating group) is 1. The van der Waals surface area contributed by atoms with Crippen LogP contribution in [0.1, 0.15) is 6.92 Å². The topological polar surface area (TPSA) is 49.6 Å². The fourth-order valence-corrected chi connectivity index (χ4v) is 1.15. The van der Waals surface area contributed by atoms with Crippen LogP contribution in [0, 0.1) is 0 Å². The van der Waals surface area contributed by atoms with Gasteiger partial charge in [-0.15, -0.1) is 0 Å². The van der Waals surface area contributed by atoms with Crippen LogP contribution in [0.5, 0.6) is 0 Å². The van der Waals surface area contributed by atoms with E-state index in [1.54, 1.807) is 18.0 Å². The number of piperazine rings is 1. The largest absolute Gasteiger partial charge is 0.339 e. The highest BCUT2D eigenvalue weighted by atomic mass is 16.2. The Bertz CT molecular complexity index is 258. The van der Waals surface area contributed by atoms with Gasteiger partial charge in [-0.25, -0.2) is 5.84 Å². The zero-order chi connectivity index (χ0) is 9.84. The van der Waals surface area contributed by atoms with Crippen LogP contribution in [0.25, 0.3) is 0 Å². The summed E-state index contributed by atoms with van der Waals surface area (Å²) in [6.45, 7) is 3.27. The fraction of sp³-hybridized carbons (Fsp3) is 0.444. The van der Waals surface area contributed by atoms with Gasteiger partial charge in [0.2, 0.25) is 0 Å². The van der Waals surface area contributed by atoms with Crippen molar-refractivity contribution in [3.8, 4) is 0 Å². The Hall–Kier alpha value is -1.29. The van der Waals surface area contributed by atoms with Gasteiger partial charge in [-0.2, -0.15) is 0 Å². The van der Waals surface area contributed by atoms with Gasteiger partial charge in [0.05, 0.1) is 6.54 Å². The molecule has 72 valence electrons. The van der Waals surface area contributed by atoms with Crippen molar-refractivity contribution < 1.29 is 4.79 Å². The Kier molecular flexibility index (Phi) is 3.08. The van der Waals surface area contributed by atoms with E-state index in [2.05, 4.69) is 0 Å². The second kappa shape index (κ2) is 4.09. The van der Waals surface area contributed by atoms with E-state index in [0.717, 1.165) is 0 Å². The summed E-state index contributed by atoms with van der Waals surface area (Å²) in [5.74, 6) is 5.63. The van der Waals surface area contributed by atoms with Crippen LogP contribution in [-0.4, -0.2) is 36.0 Å². The molecule has 1 amide bonds. The second-order valence-electron chi connectivity index (χ2n) is 3.00. The summed E-state index contributed by atoms with van der Waals surface area (Å²) in [5, 5.41) is 1.49. The lowest BCUT2D eigenvalue weighted by molar-refractivity contribution is -0.130. The molecule has 4 nitrogen and oxygen atoms in total. The van der Waals surface area contributed by atoms with Crippen LogP contribution in [0.15, 0.2) is 23.9 Å². The zero-order valence-corrected chi connectivity index (χ0v) is 8.03. The Balaban J connectivity index is 2.84. The molecule has 0 aromatic rings. The highest BCUT2D eigenvalue weighted by Gasteiger charge is 2.23. The molecule has 1 heterocycles. The Labute approximate surface area is 78.3 Å². The van der Waals surface area contributed by atoms with Crippen LogP contribution in [-0.2, 0) is 4.79 Å². The molecule has 0 aromatic carbocycles. The van der Waals surface area contributed by atoms with Crippen molar-refractivity contribution in [3.05, 3.63) is 23.9 Å². The van der Waals surface area contributed by atoms with Crippen molar-refractivity contribution in [2.75, 3.05) is 20.1 Å². The number of nitrogens with zero attached hydrogens (tertiary/aromatic N) is 2. The molecular weight excluding hydrogens is 166 g/mol. The van der Waals surface area contributed by atoms with Crippen molar-refractivity contribution in [1.29, 1.82) is 0 Å². The normalized spacial score (nSPS) is 22.1. The molecule has 1 aliphatic rings. The summed E-state index contributed by atoms with van der Waals surface area (Å²) in [6, 6.07) is 0. The average Bonchev–Trinajstić information content (AvgIpc) is 2.12. The molecular formula is C9H15N3O. The molecule has 1 aliphatic heterocycles. The Morgan fingerprint density at radius 2 is 2.15 bits per heavy atom. The standard InChI is InChI=1S/C9H15N3O/c1-3-4-5-8-9(13)11(2)6-7-12(8)10/h3-5H,6-7,10H2,1-2H3/b4-3-,8-5-. The van der Waals surface area contributed by atoms with Gasteiger partial charge in [0.15, 0.2) is 0 Å². The summed E-state index contributed by atoms with van der Waals surface area (Å²) in [7, 11) is 1.78. The third kappa shape index (κ3) is 2.09. The van der Waals surface area contributed by atoms with E-state index in [1.165, 1.54) is 5.01 Å². The van der Waals surface area contributed by atoms with E-state index in [-0.39, 0.29) is 5.91 Å². The number of carbonyl (C=O) groups is 1. The molecule has 0 saturated carbocycles. The molecule has 0 aliphatic carbocycles. The maximum absolute atomic E-state index is 11.5. The first-order chi connectivity index (χ1) is 6.16. The predicted molar refractivity (Wildman–Crippen MR) is 51.4 cm³/mol. The summed E-state index contributed by atoms with van der Waals surface area (Å²) < 4.78 is 0. The van der Waals surface area contributed by atoms with E-state index in [4.69, 9.17) is 5.84 Å². The maximum atomic E-state index is 11.5. The Morgan fingerprint density at radius 1 is 1.46 bits per heavy atom. The van der Waals surface area contributed by atoms with Crippen LogP contribution < -0.4 is 5.84 Å². The van der Waals surface area contributed by atoms with Crippen molar-refractivity contribution in [2.24, 2.45) is 5.84 Å². The van der Waals surface area contributed by atoms with Crippen molar-refractivity contribution >= 4 is 5.91 Å². The third-order valence-electron chi connectivity index (χ3n) is 2.00. The first-order valence-corrected chi connectivity index (χ1v) is 4.27. The third-order valence-corrected chi connectivity index (χ3v) is 2.00. The lowest BCUT2D eigenvalue weighted by Gasteiger charge is -2.32. The van der Waals surface area contributed by atoms with E-state index < -0.39 is 0 Å². The smallest absolute Gasteiger partial charge is 0.271 e. The molecule has 0 radical (unpaired) electrons. The van der Waals surface area contributed by atoms with Crippen LogP contribution in [0.4, 0.5) is 0 Å². The summed E-state index contributed by atoms with van der Waals surface area (Å²) >= 11 is 0. The van der Waals surface area contributed by atoms with Gasteiger partial charge in [-0.1, -0.05) is 12.2 Å². The molecule has 0 unspecified atom stereocenters. The van der Waals surface area contributed by atoms with Gasteiger partial charge in [-0.3, -0.25) is 4.79 Å². The molecule has 0 aromatic heterocycles. The first kappa shape index (κ1) is 9.80. The number of rotatable bonds is 1. The van der Waals surface area contributed by atoms with Gasteiger partial charge >= 0.3 is 0 Å². The summed E-state index contributed by atoms with van der Waals surface area (Å²) in [6.07, 6.45) is 5.41.